The van der Waals surface area contributed by atoms with Gasteiger partial charge in [-0.2, -0.15) is 13.2 Å². The van der Waals surface area contributed by atoms with Crippen LogP contribution >= 0.6 is 23.2 Å². The molecule has 0 heterocycles. The molecule has 12 heavy (non-hydrogen) atoms. The van der Waals surface area contributed by atoms with E-state index in [4.69, 9.17) is 23.2 Å². The number of hydrogen-bond donors (Lipinski definition) is 0. The van der Waals surface area contributed by atoms with Crippen LogP contribution in [0.1, 0.15) is 0 Å². The van der Waals surface area contributed by atoms with E-state index in [-0.39, 0.29) is 5.03 Å². The summed E-state index contributed by atoms with van der Waals surface area (Å²) in [6.07, 6.45) is -2.13. The molecular weight excluding hydrogens is 212 g/mol. The maximum absolute atomic E-state index is 12.3. The van der Waals surface area contributed by atoms with Gasteiger partial charge >= 0.3 is 6.18 Å². The predicted molar refractivity (Wildman–Crippen MR) is 40.1 cm³/mol. The second-order valence-electron chi connectivity index (χ2n) is 2.86. The van der Waals surface area contributed by atoms with Gasteiger partial charge in [0.25, 0.3) is 0 Å². The third-order valence-electron chi connectivity index (χ3n) is 2.07. The van der Waals surface area contributed by atoms with Crippen LogP contribution in [-0.4, -0.2) is 11.1 Å². The Labute approximate surface area is 76.6 Å². The quantitative estimate of drug-likeness (QED) is 0.544. The summed E-state index contributed by atoms with van der Waals surface area (Å²) in [7, 11) is 0. The Morgan fingerprint density at radius 1 is 1.42 bits per heavy atom. The van der Waals surface area contributed by atoms with Crippen molar-refractivity contribution in [2.75, 3.05) is 0 Å². The lowest BCUT2D eigenvalue weighted by Crippen LogP contribution is -2.39. The van der Waals surface area contributed by atoms with Crippen LogP contribution in [0, 0.1) is 5.92 Å². The molecule has 0 aliphatic heterocycles. The van der Waals surface area contributed by atoms with E-state index in [1.807, 2.05) is 0 Å². The van der Waals surface area contributed by atoms with Gasteiger partial charge in [0.15, 0.2) is 4.87 Å². The highest BCUT2D eigenvalue weighted by molar-refractivity contribution is 6.36. The van der Waals surface area contributed by atoms with Gasteiger partial charge in [-0.1, -0.05) is 17.7 Å². The maximum atomic E-state index is 12.3. The van der Waals surface area contributed by atoms with Crippen LogP contribution in [0.15, 0.2) is 22.8 Å². The summed E-state index contributed by atoms with van der Waals surface area (Å²) in [5.41, 5.74) is 0.518. The predicted octanol–water partition coefficient (Wildman–Crippen LogP) is 3.22. The average molecular weight is 215 g/mol. The number of rotatable bonds is 0. The lowest BCUT2D eigenvalue weighted by atomic mass is 10.0. The fourth-order valence-corrected chi connectivity index (χ4v) is 2.02. The summed E-state index contributed by atoms with van der Waals surface area (Å²) in [6.45, 7) is 0. The van der Waals surface area contributed by atoms with Crippen molar-refractivity contribution in [1.29, 1.82) is 0 Å². The Morgan fingerprint density at radius 2 is 2.00 bits per heavy atom. The highest BCUT2D eigenvalue weighted by Gasteiger charge is 2.64. The van der Waals surface area contributed by atoms with Gasteiger partial charge in [0.05, 0.1) is 0 Å². The molecule has 0 aromatic heterocycles. The Kier molecular flexibility index (Phi) is 1.42. The minimum absolute atomic E-state index is 0.132. The fourth-order valence-electron chi connectivity index (χ4n) is 1.32. The molecule has 0 unspecified atom stereocenters. The van der Waals surface area contributed by atoms with E-state index in [2.05, 4.69) is 0 Å². The van der Waals surface area contributed by atoms with Crippen LogP contribution in [-0.2, 0) is 0 Å². The van der Waals surface area contributed by atoms with Gasteiger partial charge in [0, 0.05) is 11.0 Å². The Balaban J connectivity index is 2.37. The summed E-state index contributed by atoms with van der Waals surface area (Å²) in [4.78, 5) is -2.28. The molecule has 2 rings (SSSR count). The molecule has 2 aliphatic rings. The Hall–Kier alpha value is -0.150. The summed E-state index contributed by atoms with van der Waals surface area (Å²) in [5.74, 6) is -0.730. The average Bonchev–Trinajstić information content (AvgIpc) is 2.56. The normalized spacial score (nSPS) is 38.9. The molecule has 0 radical (unpaired) electrons. The Morgan fingerprint density at radius 3 is 2.17 bits per heavy atom. The van der Waals surface area contributed by atoms with Crippen molar-refractivity contribution in [1.82, 2.24) is 0 Å². The van der Waals surface area contributed by atoms with Crippen molar-refractivity contribution in [3.63, 3.8) is 0 Å². The van der Waals surface area contributed by atoms with Crippen LogP contribution in [0.5, 0.6) is 0 Å². The third-order valence-corrected chi connectivity index (χ3v) is 2.96. The lowest BCUT2D eigenvalue weighted by molar-refractivity contribution is -0.152. The van der Waals surface area contributed by atoms with Crippen LogP contribution in [0.25, 0.3) is 0 Å². The number of fused-ring (bicyclic) bond motifs is 1. The number of alkyl halides is 4. The number of allylic oxidation sites excluding steroid dienone is 4. The highest BCUT2D eigenvalue weighted by atomic mass is 35.5. The molecule has 0 bridgehead atoms. The van der Waals surface area contributed by atoms with Gasteiger partial charge in [-0.3, -0.25) is 0 Å². The molecular formula is C7H3Cl2F3. The van der Waals surface area contributed by atoms with Crippen molar-refractivity contribution in [2.24, 2.45) is 5.92 Å². The largest absolute Gasteiger partial charge is 0.412 e. The van der Waals surface area contributed by atoms with E-state index < -0.39 is 17.0 Å². The molecule has 2 aliphatic carbocycles. The molecule has 5 heteroatoms. The van der Waals surface area contributed by atoms with Crippen molar-refractivity contribution in [2.45, 2.75) is 11.1 Å². The standard InChI is InChI=1S/C7H3Cl2F3/c8-5-2-6(9,7(10,11)12)4-1-3(4)5/h1-2,4H/t4-,6-/m1/s1. The van der Waals surface area contributed by atoms with Gasteiger partial charge in [-0.15, -0.1) is 11.6 Å². The summed E-state index contributed by atoms with van der Waals surface area (Å²) < 4.78 is 37.0. The van der Waals surface area contributed by atoms with E-state index in [1.165, 1.54) is 6.08 Å². The van der Waals surface area contributed by atoms with Crippen LogP contribution in [0.2, 0.25) is 0 Å². The minimum atomic E-state index is -4.44. The van der Waals surface area contributed by atoms with Gasteiger partial charge in [0.2, 0.25) is 0 Å². The monoisotopic (exact) mass is 214 g/mol. The number of halogens is 5. The van der Waals surface area contributed by atoms with Gasteiger partial charge < -0.3 is 0 Å². The lowest BCUT2D eigenvalue weighted by Gasteiger charge is -2.23. The van der Waals surface area contributed by atoms with Crippen LogP contribution < -0.4 is 0 Å². The molecule has 66 valence electrons. The molecule has 0 aromatic rings. The first-order valence-electron chi connectivity index (χ1n) is 3.22. The first kappa shape index (κ1) is 8.45. The molecule has 0 aromatic carbocycles. The summed E-state index contributed by atoms with van der Waals surface area (Å²) >= 11 is 10.9. The highest BCUT2D eigenvalue weighted by Crippen LogP contribution is 2.60. The zero-order valence-corrected chi connectivity index (χ0v) is 7.13. The second kappa shape index (κ2) is 2.02. The zero-order valence-electron chi connectivity index (χ0n) is 5.62. The molecule has 0 spiro atoms. The van der Waals surface area contributed by atoms with E-state index in [9.17, 15) is 13.2 Å². The van der Waals surface area contributed by atoms with Gasteiger partial charge in [-0.05, 0) is 11.6 Å². The Bertz CT molecular complexity index is 302. The summed E-state index contributed by atoms with van der Waals surface area (Å²) in [6, 6.07) is 0. The fraction of sp³-hybridized carbons (Fsp3) is 0.429. The van der Waals surface area contributed by atoms with E-state index in [0.29, 0.717) is 5.57 Å². The van der Waals surface area contributed by atoms with Gasteiger partial charge in [-0.25, -0.2) is 0 Å². The van der Waals surface area contributed by atoms with Crippen molar-refractivity contribution < 1.29 is 13.2 Å². The second-order valence-corrected chi connectivity index (χ2v) is 3.89. The van der Waals surface area contributed by atoms with E-state index in [0.717, 1.165) is 6.08 Å². The van der Waals surface area contributed by atoms with E-state index in [1.54, 1.807) is 0 Å². The van der Waals surface area contributed by atoms with Crippen LogP contribution in [0.4, 0.5) is 13.2 Å². The van der Waals surface area contributed by atoms with Crippen molar-refractivity contribution in [3.8, 4) is 0 Å². The molecule has 0 amide bonds. The third kappa shape index (κ3) is 0.866. The number of hydrogen-bond acceptors (Lipinski definition) is 0. The first-order chi connectivity index (χ1) is 5.36. The first-order valence-corrected chi connectivity index (χ1v) is 3.98. The molecule has 0 saturated carbocycles. The molecule has 0 saturated heterocycles. The summed E-state index contributed by atoms with van der Waals surface area (Å²) in [5, 5.41) is 0.132. The SMILES string of the molecule is FC(F)(F)[C@@]1(Cl)C=C(Cl)C2=C[C@H]21. The minimum Gasteiger partial charge on any atom is -0.169 e. The topological polar surface area (TPSA) is 0 Å². The molecule has 2 atom stereocenters. The van der Waals surface area contributed by atoms with Crippen LogP contribution in [0.3, 0.4) is 0 Å². The van der Waals surface area contributed by atoms with E-state index >= 15 is 0 Å². The molecule has 0 fully saturated rings. The van der Waals surface area contributed by atoms with Crippen molar-refractivity contribution >= 4 is 23.2 Å². The molecule has 0 N–H and O–H groups in total. The molecule has 0 nitrogen and oxygen atoms in total. The zero-order chi connectivity index (χ0) is 9.15. The van der Waals surface area contributed by atoms with Crippen molar-refractivity contribution in [3.05, 3.63) is 22.8 Å². The maximum Gasteiger partial charge on any atom is 0.412 e. The smallest absolute Gasteiger partial charge is 0.169 e. The van der Waals surface area contributed by atoms with Gasteiger partial charge in [0.1, 0.15) is 0 Å².